The van der Waals surface area contributed by atoms with E-state index in [0.717, 1.165) is 11.5 Å². The highest BCUT2D eigenvalue weighted by Gasteiger charge is 2.10. The Hall–Kier alpha value is -0.680. The standard InChI is InChI=1S/C4H3ClN2O2S/c1-9-3(8)2-6-4(5)7-10-2/h1H3. The van der Waals surface area contributed by atoms with Crippen LogP contribution in [0.5, 0.6) is 0 Å². The molecule has 1 aromatic rings. The van der Waals surface area contributed by atoms with Crippen LogP contribution in [0.4, 0.5) is 0 Å². The van der Waals surface area contributed by atoms with Gasteiger partial charge in [-0.2, -0.15) is 9.36 Å². The third-order valence-electron chi connectivity index (χ3n) is 0.761. The monoisotopic (exact) mass is 178 g/mol. The molecule has 0 atom stereocenters. The van der Waals surface area contributed by atoms with Crippen molar-refractivity contribution in [1.29, 1.82) is 0 Å². The van der Waals surface area contributed by atoms with Crippen molar-refractivity contribution in [1.82, 2.24) is 9.36 Å². The topological polar surface area (TPSA) is 52.1 Å². The summed E-state index contributed by atoms with van der Waals surface area (Å²) in [6.07, 6.45) is 0. The van der Waals surface area contributed by atoms with Gasteiger partial charge in [-0.05, 0) is 23.1 Å². The van der Waals surface area contributed by atoms with Gasteiger partial charge in [0.1, 0.15) is 0 Å². The third kappa shape index (κ3) is 1.43. The van der Waals surface area contributed by atoms with E-state index in [4.69, 9.17) is 11.6 Å². The second-order valence-corrected chi connectivity index (χ2v) is 2.45. The van der Waals surface area contributed by atoms with E-state index in [0.29, 0.717) is 0 Å². The maximum atomic E-state index is 10.7. The van der Waals surface area contributed by atoms with Crippen LogP contribution in [0.15, 0.2) is 0 Å². The highest BCUT2D eigenvalue weighted by atomic mass is 35.5. The molecule has 4 nitrogen and oxygen atoms in total. The Balaban J connectivity index is 2.85. The molecule has 0 fully saturated rings. The molecule has 0 radical (unpaired) electrons. The highest BCUT2D eigenvalue weighted by molar-refractivity contribution is 7.07. The lowest BCUT2D eigenvalue weighted by Gasteiger charge is -1.88. The molecule has 0 spiro atoms. The van der Waals surface area contributed by atoms with Crippen LogP contribution in [0.2, 0.25) is 5.28 Å². The lowest BCUT2D eigenvalue weighted by Crippen LogP contribution is -1.99. The van der Waals surface area contributed by atoms with E-state index >= 15 is 0 Å². The van der Waals surface area contributed by atoms with Gasteiger partial charge >= 0.3 is 5.97 Å². The first-order chi connectivity index (χ1) is 4.74. The number of carbonyl (C=O) groups excluding carboxylic acids is 1. The molecular weight excluding hydrogens is 176 g/mol. The van der Waals surface area contributed by atoms with Crippen LogP contribution in [-0.2, 0) is 4.74 Å². The predicted molar refractivity (Wildman–Crippen MR) is 36.3 cm³/mol. The molecular formula is C4H3ClN2O2S. The van der Waals surface area contributed by atoms with Crippen LogP contribution in [0.25, 0.3) is 0 Å². The fraction of sp³-hybridized carbons (Fsp3) is 0.250. The second kappa shape index (κ2) is 2.94. The quantitative estimate of drug-likeness (QED) is 0.602. The van der Waals surface area contributed by atoms with Crippen LogP contribution in [0, 0.1) is 0 Å². The van der Waals surface area contributed by atoms with Crippen molar-refractivity contribution in [3.8, 4) is 0 Å². The molecule has 0 aliphatic rings. The minimum atomic E-state index is -0.510. The van der Waals surface area contributed by atoms with Gasteiger partial charge in [0.05, 0.1) is 7.11 Å². The van der Waals surface area contributed by atoms with Gasteiger partial charge in [0.25, 0.3) is 0 Å². The molecule has 0 saturated heterocycles. The zero-order valence-corrected chi connectivity index (χ0v) is 6.57. The van der Waals surface area contributed by atoms with Crippen molar-refractivity contribution in [2.24, 2.45) is 0 Å². The Morgan fingerprint density at radius 3 is 2.90 bits per heavy atom. The summed E-state index contributed by atoms with van der Waals surface area (Å²) in [5, 5.41) is 0.248. The van der Waals surface area contributed by atoms with Crippen LogP contribution in [0.3, 0.4) is 0 Å². The Bertz CT molecular complexity index is 249. The van der Waals surface area contributed by atoms with Crippen molar-refractivity contribution in [2.45, 2.75) is 0 Å². The van der Waals surface area contributed by atoms with Gasteiger partial charge in [-0.1, -0.05) is 0 Å². The number of halogens is 1. The molecule has 6 heteroatoms. The molecule has 1 rings (SSSR count). The molecule has 0 aliphatic heterocycles. The molecule has 0 amide bonds. The number of esters is 1. The van der Waals surface area contributed by atoms with E-state index in [1.165, 1.54) is 7.11 Å². The first-order valence-corrected chi connectivity index (χ1v) is 3.46. The molecule has 0 unspecified atom stereocenters. The minimum absolute atomic E-state index is 0.0744. The number of carbonyl (C=O) groups is 1. The van der Waals surface area contributed by atoms with Crippen molar-refractivity contribution >= 4 is 29.1 Å². The first-order valence-electron chi connectivity index (χ1n) is 2.31. The van der Waals surface area contributed by atoms with E-state index < -0.39 is 5.97 Å². The van der Waals surface area contributed by atoms with Crippen LogP contribution in [-0.4, -0.2) is 22.4 Å². The number of rotatable bonds is 1. The fourth-order valence-electron chi connectivity index (χ4n) is 0.376. The van der Waals surface area contributed by atoms with Crippen molar-refractivity contribution in [3.05, 3.63) is 10.3 Å². The average Bonchev–Trinajstić information content (AvgIpc) is 2.34. The van der Waals surface area contributed by atoms with Crippen LogP contribution < -0.4 is 0 Å². The number of hydrogen-bond acceptors (Lipinski definition) is 5. The SMILES string of the molecule is COC(=O)c1nc(Cl)ns1. The summed E-state index contributed by atoms with van der Waals surface area (Å²) in [6.45, 7) is 0. The summed E-state index contributed by atoms with van der Waals surface area (Å²) < 4.78 is 7.94. The average molecular weight is 179 g/mol. The predicted octanol–water partition coefficient (Wildman–Crippen LogP) is 0.978. The molecule has 54 valence electrons. The Labute approximate surface area is 66.0 Å². The molecule has 0 bridgehead atoms. The molecule has 0 N–H and O–H groups in total. The van der Waals surface area contributed by atoms with Gasteiger partial charge in [-0.3, -0.25) is 0 Å². The van der Waals surface area contributed by atoms with Gasteiger partial charge in [0, 0.05) is 0 Å². The zero-order valence-electron chi connectivity index (χ0n) is 5.00. The third-order valence-corrected chi connectivity index (χ3v) is 1.73. The summed E-state index contributed by atoms with van der Waals surface area (Å²) in [6, 6.07) is 0. The number of ether oxygens (including phenoxy) is 1. The highest BCUT2D eigenvalue weighted by Crippen LogP contribution is 2.09. The zero-order chi connectivity index (χ0) is 7.56. The van der Waals surface area contributed by atoms with Crippen molar-refractivity contribution in [3.63, 3.8) is 0 Å². The number of hydrogen-bond donors (Lipinski definition) is 0. The number of nitrogens with zero attached hydrogens (tertiary/aromatic N) is 2. The van der Waals surface area contributed by atoms with Gasteiger partial charge in [0.15, 0.2) is 0 Å². The summed E-state index contributed by atoms with van der Waals surface area (Å²) >= 11 is 6.26. The van der Waals surface area contributed by atoms with Crippen LogP contribution >= 0.6 is 23.1 Å². The van der Waals surface area contributed by atoms with Gasteiger partial charge in [-0.15, -0.1) is 0 Å². The van der Waals surface area contributed by atoms with Gasteiger partial charge in [-0.25, -0.2) is 4.79 Å². The summed E-state index contributed by atoms with van der Waals surface area (Å²) in [7, 11) is 1.28. The molecule has 1 aromatic heterocycles. The molecule has 1 heterocycles. The Morgan fingerprint density at radius 2 is 2.50 bits per heavy atom. The maximum absolute atomic E-state index is 10.7. The van der Waals surface area contributed by atoms with E-state index in [2.05, 4.69) is 14.1 Å². The lowest BCUT2D eigenvalue weighted by atomic mass is 10.7. The molecule has 0 aliphatic carbocycles. The number of methoxy groups -OCH3 is 1. The molecule has 0 aromatic carbocycles. The Morgan fingerprint density at radius 1 is 1.80 bits per heavy atom. The first kappa shape index (κ1) is 7.43. The van der Waals surface area contributed by atoms with Crippen LogP contribution in [0.1, 0.15) is 9.80 Å². The van der Waals surface area contributed by atoms with E-state index in [1.54, 1.807) is 0 Å². The van der Waals surface area contributed by atoms with E-state index in [1.807, 2.05) is 0 Å². The maximum Gasteiger partial charge on any atom is 0.368 e. The van der Waals surface area contributed by atoms with Crippen molar-refractivity contribution < 1.29 is 9.53 Å². The fourth-order valence-corrected chi connectivity index (χ4v) is 1.10. The smallest absolute Gasteiger partial charge is 0.368 e. The summed E-state index contributed by atoms with van der Waals surface area (Å²) in [5.41, 5.74) is 0. The summed E-state index contributed by atoms with van der Waals surface area (Å²) in [4.78, 5) is 14.2. The normalized spacial score (nSPS) is 9.40. The summed E-state index contributed by atoms with van der Waals surface area (Å²) in [5.74, 6) is -0.510. The van der Waals surface area contributed by atoms with E-state index in [9.17, 15) is 4.79 Å². The van der Waals surface area contributed by atoms with E-state index in [-0.39, 0.29) is 10.3 Å². The molecule has 0 saturated carbocycles. The lowest BCUT2D eigenvalue weighted by molar-refractivity contribution is 0.0600. The Kier molecular flexibility index (Phi) is 2.18. The molecule has 10 heavy (non-hydrogen) atoms. The second-order valence-electron chi connectivity index (χ2n) is 1.36. The van der Waals surface area contributed by atoms with Gasteiger partial charge < -0.3 is 4.74 Å². The van der Waals surface area contributed by atoms with Gasteiger partial charge in [0.2, 0.25) is 10.3 Å². The largest absolute Gasteiger partial charge is 0.464 e. The van der Waals surface area contributed by atoms with Crippen molar-refractivity contribution in [2.75, 3.05) is 7.11 Å². The minimum Gasteiger partial charge on any atom is -0.464 e. The number of aromatic nitrogens is 2.